The molecule has 1 fully saturated rings. The van der Waals surface area contributed by atoms with Crippen molar-refractivity contribution < 1.29 is 9.59 Å². The van der Waals surface area contributed by atoms with Gasteiger partial charge in [0.25, 0.3) is 0 Å². The van der Waals surface area contributed by atoms with E-state index in [1.54, 1.807) is 0 Å². The third kappa shape index (κ3) is 5.10. The quantitative estimate of drug-likeness (QED) is 0.743. The average molecular weight is 385 g/mol. The number of nitrogens with one attached hydrogen (secondary N) is 2. The Morgan fingerprint density at radius 1 is 1.04 bits per heavy atom. The zero-order chi connectivity index (χ0) is 19.4. The Labute approximate surface area is 165 Å². The second-order valence-corrected chi connectivity index (χ2v) is 7.78. The van der Waals surface area contributed by atoms with E-state index in [0.717, 1.165) is 23.2 Å². The van der Waals surface area contributed by atoms with Gasteiger partial charge in [0.05, 0.1) is 11.8 Å². The van der Waals surface area contributed by atoms with Crippen LogP contribution >= 0.6 is 11.6 Å². The molecule has 2 aromatic rings. The number of carbonyl (C=O) groups excluding carboxylic acids is 2. The highest BCUT2D eigenvalue weighted by Gasteiger charge is 2.47. The fourth-order valence-corrected chi connectivity index (χ4v) is 3.35. The van der Waals surface area contributed by atoms with Crippen LogP contribution in [0, 0.1) is 11.8 Å². The monoisotopic (exact) mass is 384 g/mol. The summed E-state index contributed by atoms with van der Waals surface area (Å²) in [7, 11) is 0. The number of hydrogen-bond acceptors (Lipinski definition) is 2. The minimum atomic E-state index is -0.235. The SMILES string of the molecule is CC(C)c1ccccc1NC(=O)C1CC1C(=O)NCCc1ccc(Cl)cc1. The molecule has 0 bridgehead atoms. The largest absolute Gasteiger partial charge is 0.356 e. The van der Waals surface area contributed by atoms with Crippen LogP contribution in [0.4, 0.5) is 5.69 Å². The summed E-state index contributed by atoms with van der Waals surface area (Å²) >= 11 is 5.87. The number of halogens is 1. The van der Waals surface area contributed by atoms with Crippen molar-refractivity contribution in [2.45, 2.75) is 32.6 Å². The van der Waals surface area contributed by atoms with Gasteiger partial charge in [0.2, 0.25) is 11.8 Å². The second-order valence-electron chi connectivity index (χ2n) is 7.35. The Hall–Kier alpha value is -2.33. The number of para-hydroxylation sites is 1. The fourth-order valence-electron chi connectivity index (χ4n) is 3.23. The van der Waals surface area contributed by atoms with Crippen LogP contribution in [0.2, 0.25) is 5.02 Å². The smallest absolute Gasteiger partial charge is 0.228 e. The molecule has 5 heteroatoms. The molecular formula is C22H25ClN2O2. The van der Waals surface area contributed by atoms with Gasteiger partial charge in [-0.15, -0.1) is 0 Å². The van der Waals surface area contributed by atoms with Crippen LogP contribution in [-0.4, -0.2) is 18.4 Å². The molecule has 2 N–H and O–H groups in total. The van der Waals surface area contributed by atoms with E-state index in [-0.39, 0.29) is 23.7 Å². The molecule has 0 saturated heterocycles. The van der Waals surface area contributed by atoms with Gasteiger partial charge in [-0.1, -0.05) is 55.8 Å². The van der Waals surface area contributed by atoms with E-state index in [0.29, 0.717) is 23.9 Å². The normalized spacial score (nSPS) is 18.2. The van der Waals surface area contributed by atoms with Crippen molar-refractivity contribution in [2.75, 3.05) is 11.9 Å². The Kier molecular flexibility index (Phi) is 6.17. The number of hydrogen-bond donors (Lipinski definition) is 2. The van der Waals surface area contributed by atoms with E-state index >= 15 is 0 Å². The van der Waals surface area contributed by atoms with Crippen LogP contribution in [0.15, 0.2) is 48.5 Å². The molecule has 142 valence electrons. The van der Waals surface area contributed by atoms with Gasteiger partial charge in [-0.05, 0) is 48.1 Å². The van der Waals surface area contributed by atoms with Crippen LogP contribution in [0.25, 0.3) is 0 Å². The van der Waals surface area contributed by atoms with Crippen LogP contribution < -0.4 is 10.6 Å². The molecule has 27 heavy (non-hydrogen) atoms. The molecule has 0 spiro atoms. The van der Waals surface area contributed by atoms with Gasteiger partial charge in [0, 0.05) is 17.3 Å². The van der Waals surface area contributed by atoms with E-state index in [1.165, 1.54) is 0 Å². The minimum absolute atomic E-state index is 0.0405. The first kappa shape index (κ1) is 19.4. The first-order valence-corrected chi connectivity index (χ1v) is 9.75. The molecule has 1 saturated carbocycles. The van der Waals surface area contributed by atoms with Crippen LogP contribution in [0.5, 0.6) is 0 Å². The minimum Gasteiger partial charge on any atom is -0.356 e. The average Bonchev–Trinajstić information content (AvgIpc) is 3.44. The first-order chi connectivity index (χ1) is 13.0. The van der Waals surface area contributed by atoms with Crippen molar-refractivity contribution in [3.8, 4) is 0 Å². The maximum Gasteiger partial charge on any atom is 0.228 e. The lowest BCUT2D eigenvalue weighted by Gasteiger charge is -2.13. The van der Waals surface area contributed by atoms with Gasteiger partial charge in [-0.3, -0.25) is 9.59 Å². The zero-order valence-corrected chi connectivity index (χ0v) is 16.4. The molecular weight excluding hydrogens is 360 g/mol. The lowest BCUT2D eigenvalue weighted by atomic mass is 10.0. The lowest BCUT2D eigenvalue weighted by molar-refractivity contribution is -0.125. The summed E-state index contributed by atoms with van der Waals surface area (Å²) in [4.78, 5) is 24.8. The number of carbonyl (C=O) groups is 2. The third-order valence-corrected chi connectivity index (χ3v) is 5.18. The molecule has 1 aliphatic rings. The maximum absolute atomic E-state index is 12.5. The van der Waals surface area contributed by atoms with Gasteiger partial charge >= 0.3 is 0 Å². The number of anilines is 1. The van der Waals surface area contributed by atoms with Crippen molar-refractivity contribution in [2.24, 2.45) is 11.8 Å². The highest BCUT2D eigenvalue weighted by Crippen LogP contribution is 2.40. The molecule has 0 aliphatic heterocycles. The summed E-state index contributed by atoms with van der Waals surface area (Å²) < 4.78 is 0. The van der Waals surface area contributed by atoms with Crippen molar-refractivity contribution in [3.63, 3.8) is 0 Å². The standard InChI is InChI=1S/C22H25ClN2O2/c1-14(2)17-5-3-4-6-20(17)25-22(27)19-13-18(19)21(26)24-12-11-15-7-9-16(23)10-8-15/h3-10,14,18-19H,11-13H2,1-2H3,(H,24,26)(H,25,27). The van der Waals surface area contributed by atoms with Gasteiger partial charge in [-0.25, -0.2) is 0 Å². The summed E-state index contributed by atoms with van der Waals surface area (Å²) in [5.74, 6) is -0.239. The number of benzene rings is 2. The van der Waals surface area contributed by atoms with Crippen molar-refractivity contribution in [1.29, 1.82) is 0 Å². The summed E-state index contributed by atoms with van der Waals surface area (Å²) in [5, 5.41) is 6.63. The van der Waals surface area contributed by atoms with E-state index in [9.17, 15) is 9.59 Å². The number of rotatable bonds is 7. The summed E-state index contributed by atoms with van der Waals surface area (Å²) in [6.45, 7) is 4.75. The van der Waals surface area contributed by atoms with Gasteiger partial charge in [-0.2, -0.15) is 0 Å². The summed E-state index contributed by atoms with van der Waals surface area (Å²) in [6.07, 6.45) is 1.36. The molecule has 1 aliphatic carbocycles. The van der Waals surface area contributed by atoms with Crippen LogP contribution in [-0.2, 0) is 16.0 Å². The summed E-state index contributed by atoms with van der Waals surface area (Å²) in [5.41, 5.74) is 3.07. The molecule has 0 aromatic heterocycles. The maximum atomic E-state index is 12.5. The predicted octanol–water partition coefficient (Wildman–Crippen LogP) is 4.40. The Balaban J connectivity index is 1.46. The molecule has 2 unspecified atom stereocenters. The highest BCUT2D eigenvalue weighted by molar-refractivity contribution is 6.30. The molecule has 0 radical (unpaired) electrons. The first-order valence-electron chi connectivity index (χ1n) is 9.37. The van der Waals surface area contributed by atoms with Crippen molar-refractivity contribution in [3.05, 3.63) is 64.7 Å². The highest BCUT2D eigenvalue weighted by atomic mass is 35.5. The van der Waals surface area contributed by atoms with Crippen LogP contribution in [0.3, 0.4) is 0 Å². The number of amides is 2. The molecule has 3 rings (SSSR count). The van der Waals surface area contributed by atoms with Crippen LogP contribution in [0.1, 0.15) is 37.3 Å². The molecule has 2 aromatic carbocycles. The lowest BCUT2D eigenvalue weighted by Crippen LogP contribution is -2.29. The van der Waals surface area contributed by atoms with E-state index in [4.69, 9.17) is 11.6 Å². The Morgan fingerprint density at radius 2 is 1.70 bits per heavy atom. The molecule has 2 amide bonds. The van der Waals surface area contributed by atoms with Gasteiger partial charge < -0.3 is 10.6 Å². The van der Waals surface area contributed by atoms with Gasteiger partial charge in [0.1, 0.15) is 0 Å². The molecule has 0 heterocycles. The fraction of sp³-hybridized carbons (Fsp3) is 0.364. The Bertz CT molecular complexity index is 817. The predicted molar refractivity (Wildman–Crippen MR) is 109 cm³/mol. The zero-order valence-electron chi connectivity index (χ0n) is 15.7. The molecule has 4 nitrogen and oxygen atoms in total. The topological polar surface area (TPSA) is 58.2 Å². The molecule has 2 atom stereocenters. The third-order valence-electron chi connectivity index (χ3n) is 4.93. The van der Waals surface area contributed by atoms with Crippen molar-refractivity contribution >= 4 is 29.1 Å². The van der Waals surface area contributed by atoms with E-state index < -0.39 is 0 Å². The summed E-state index contributed by atoms with van der Waals surface area (Å²) in [6, 6.07) is 15.4. The van der Waals surface area contributed by atoms with Gasteiger partial charge in [0.15, 0.2) is 0 Å². The van der Waals surface area contributed by atoms with Crippen molar-refractivity contribution in [1.82, 2.24) is 5.32 Å². The van der Waals surface area contributed by atoms with E-state index in [1.807, 2.05) is 48.5 Å². The second kappa shape index (κ2) is 8.57. The van der Waals surface area contributed by atoms with E-state index in [2.05, 4.69) is 24.5 Å². The Morgan fingerprint density at radius 3 is 2.41 bits per heavy atom.